The second-order valence-corrected chi connectivity index (χ2v) is 4.67. The highest BCUT2D eigenvalue weighted by Crippen LogP contribution is 2.40. The summed E-state index contributed by atoms with van der Waals surface area (Å²) >= 11 is 0. The summed E-state index contributed by atoms with van der Waals surface area (Å²) in [5.41, 5.74) is -1.40. The largest absolute Gasteiger partial charge is 0.437 e. The molecule has 1 aromatic rings. The summed E-state index contributed by atoms with van der Waals surface area (Å²) in [6, 6.07) is 1.32. The summed E-state index contributed by atoms with van der Waals surface area (Å²) < 4.78 is 43.6. The minimum Gasteiger partial charge on any atom is -0.437 e. The van der Waals surface area contributed by atoms with Crippen molar-refractivity contribution >= 4 is 11.8 Å². The van der Waals surface area contributed by atoms with Gasteiger partial charge in [0.1, 0.15) is 0 Å². The zero-order chi connectivity index (χ0) is 13.7. The normalized spacial score (nSPS) is 21.0. The molecular weight excluding hydrogens is 263 g/mol. The summed E-state index contributed by atoms with van der Waals surface area (Å²) in [4.78, 5) is 16.0. The van der Waals surface area contributed by atoms with E-state index in [9.17, 15) is 18.0 Å². The number of carbonyl (C=O) groups excluding carboxylic acids is 1. The molecule has 1 spiro atoms. The van der Waals surface area contributed by atoms with E-state index in [-0.39, 0.29) is 18.8 Å². The molecule has 1 N–H and O–H groups in total. The number of nitrogens with one attached hydrogen (secondary N) is 1. The number of pyridine rings is 1. The Morgan fingerprint density at radius 1 is 1.42 bits per heavy atom. The lowest BCUT2D eigenvalue weighted by Gasteiger charge is -2.47. The lowest BCUT2D eigenvalue weighted by Crippen LogP contribution is -2.64. The van der Waals surface area contributed by atoms with Crippen LogP contribution in [-0.2, 0) is 10.9 Å². The minimum absolute atomic E-state index is 0.0658. The van der Waals surface area contributed by atoms with E-state index >= 15 is 0 Å². The topological polar surface area (TPSA) is 54.5 Å². The number of aromatic nitrogens is 1. The monoisotopic (exact) mass is 273 g/mol. The number of amides is 1. The van der Waals surface area contributed by atoms with Crippen LogP contribution in [-0.4, -0.2) is 36.3 Å². The maximum atomic E-state index is 12.8. The van der Waals surface area contributed by atoms with Crippen LogP contribution < -0.4 is 10.2 Å². The number of ether oxygens (including phenoxy) is 1. The molecule has 0 radical (unpaired) electrons. The van der Waals surface area contributed by atoms with Crippen LogP contribution in [0.4, 0.5) is 23.7 Å². The van der Waals surface area contributed by atoms with Crippen LogP contribution in [0.25, 0.3) is 0 Å². The number of rotatable bonds is 1. The van der Waals surface area contributed by atoms with Crippen molar-refractivity contribution in [3.63, 3.8) is 0 Å². The molecule has 0 saturated carbocycles. The highest BCUT2D eigenvalue weighted by Gasteiger charge is 2.52. The molecule has 0 unspecified atom stereocenters. The quantitative estimate of drug-likeness (QED) is 0.840. The lowest BCUT2D eigenvalue weighted by molar-refractivity contribution is -0.137. The molecular formula is C11H10F3N3O2. The fourth-order valence-corrected chi connectivity index (χ4v) is 2.38. The van der Waals surface area contributed by atoms with E-state index in [1.165, 1.54) is 17.2 Å². The molecule has 2 fully saturated rings. The van der Waals surface area contributed by atoms with Gasteiger partial charge in [-0.1, -0.05) is 0 Å². The molecule has 2 saturated heterocycles. The van der Waals surface area contributed by atoms with Gasteiger partial charge in [-0.3, -0.25) is 4.98 Å². The van der Waals surface area contributed by atoms with E-state index in [0.29, 0.717) is 6.54 Å². The number of nitrogens with zero attached hydrogens (tertiary/aromatic N) is 2. The first-order chi connectivity index (χ1) is 8.90. The molecule has 8 heteroatoms. The Hall–Kier alpha value is -1.99. The second kappa shape index (κ2) is 3.75. The maximum Gasteiger partial charge on any atom is 0.419 e. The van der Waals surface area contributed by atoms with E-state index in [2.05, 4.69) is 10.3 Å². The van der Waals surface area contributed by atoms with Gasteiger partial charge in [-0.25, -0.2) is 4.79 Å². The average Bonchev–Trinajstić information content (AvgIpc) is 2.69. The lowest BCUT2D eigenvalue weighted by atomic mass is 9.93. The Morgan fingerprint density at radius 3 is 2.74 bits per heavy atom. The van der Waals surface area contributed by atoms with Crippen molar-refractivity contribution in [1.29, 1.82) is 0 Å². The molecule has 2 aliphatic heterocycles. The van der Waals surface area contributed by atoms with Crippen molar-refractivity contribution < 1.29 is 22.7 Å². The molecule has 102 valence electrons. The van der Waals surface area contributed by atoms with Crippen molar-refractivity contribution in [3.05, 3.63) is 24.0 Å². The number of anilines is 1. The molecule has 0 bridgehead atoms. The summed E-state index contributed by atoms with van der Waals surface area (Å²) in [6.07, 6.45) is -2.85. The molecule has 1 amide bonds. The van der Waals surface area contributed by atoms with Crippen LogP contribution in [0.15, 0.2) is 18.5 Å². The Bertz CT molecular complexity index is 526. The molecule has 5 nitrogen and oxygen atoms in total. The zero-order valence-corrected chi connectivity index (χ0v) is 9.70. The SMILES string of the molecule is O=C1NCC2(CN(c3ccncc3C(F)(F)F)C2)O1. The van der Waals surface area contributed by atoms with Gasteiger partial charge in [-0.05, 0) is 6.07 Å². The molecule has 0 aromatic carbocycles. The first-order valence-electron chi connectivity index (χ1n) is 5.63. The smallest absolute Gasteiger partial charge is 0.419 e. The predicted molar refractivity (Wildman–Crippen MR) is 58.7 cm³/mol. The fraction of sp³-hybridized carbons (Fsp3) is 0.455. The summed E-state index contributed by atoms with van der Waals surface area (Å²) in [7, 11) is 0. The van der Waals surface area contributed by atoms with Crippen molar-refractivity contribution in [2.24, 2.45) is 0 Å². The Balaban J connectivity index is 1.81. The van der Waals surface area contributed by atoms with Crippen LogP contribution in [0.5, 0.6) is 0 Å². The summed E-state index contributed by atoms with van der Waals surface area (Å²) in [5.74, 6) is 0. The Kier molecular flexibility index (Phi) is 2.38. The van der Waals surface area contributed by atoms with Crippen LogP contribution in [0.3, 0.4) is 0 Å². The van der Waals surface area contributed by atoms with Gasteiger partial charge in [0.25, 0.3) is 0 Å². The van der Waals surface area contributed by atoms with Crippen LogP contribution in [0.2, 0.25) is 0 Å². The van der Waals surface area contributed by atoms with E-state index in [1.807, 2.05) is 0 Å². The third kappa shape index (κ3) is 1.96. The maximum absolute atomic E-state index is 12.8. The number of hydrogen-bond acceptors (Lipinski definition) is 4. The van der Waals surface area contributed by atoms with Gasteiger partial charge in [0.15, 0.2) is 5.60 Å². The molecule has 0 atom stereocenters. The van der Waals surface area contributed by atoms with Crippen molar-refractivity contribution in [2.45, 2.75) is 11.8 Å². The van der Waals surface area contributed by atoms with E-state index < -0.39 is 23.4 Å². The first-order valence-corrected chi connectivity index (χ1v) is 5.63. The van der Waals surface area contributed by atoms with Gasteiger partial charge in [-0.15, -0.1) is 0 Å². The van der Waals surface area contributed by atoms with Gasteiger partial charge in [0.2, 0.25) is 0 Å². The zero-order valence-electron chi connectivity index (χ0n) is 9.70. The van der Waals surface area contributed by atoms with Crippen LogP contribution in [0, 0.1) is 0 Å². The van der Waals surface area contributed by atoms with E-state index in [1.54, 1.807) is 0 Å². The Morgan fingerprint density at radius 2 is 2.16 bits per heavy atom. The fourth-order valence-electron chi connectivity index (χ4n) is 2.38. The number of hydrogen-bond donors (Lipinski definition) is 1. The summed E-state index contributed by atoms with van der Waals surface area (Å²) in [5, 5.41) is 2.51. The van der Waals surface area contributed by atoms with Crippen LogP contribution in [0.1, 0.15) is 5.56 Å². The van der Waals surface area contributed by atoms with E-state index in [4.69, 9.17) is 4.74 Å². The highest BCUT2D eigenvalue weighted by atomic mass is 19.4. The van der Waals surface area contributed by atoms with Gasteiger partial charge in [0.05, 0.1) is 30.9 Å². The predicted octanol–water partition coefficient (Wildman–Crippen LogP) is 1.40. The number of carbonyl (C=O) groups is 1. The molecule has 19 heavy (non-hydrogen) atoms. The van der Waals surface area contributed by atoms with Crippen molar-refractivity contribution in [2.75, 3.05) is 24.5 Å². The Labute approximate surface area is 106 Å². The molecule has 2 aliphatic rings. The standard InChI is InChI=1S/C11H10F3N3O2/c12-11(13,14)7-3-15-2-1-8(7)17-5-10(6-17)4-16-9(18)19-10/h1-3H,4-6H2,(H,16,18). The molecule has 1 aromatic heterocycles. The van der Waals surface area contributed by atoms with E-state index in [0.717, 1.165) is 6.20 Å². The van der Waals surface area contributed by atoms with Gasteiger partial charge >= 0.3 is 12.3 Å². The molecule has 3 heterocycles. The van der Waals surface area contributed by atoms with Crippen molar-refractivity contribution in [1.82, 2.24) is 10.3 Å². The molecule has 3 rings (SSSR count). The van der Waals surface area contributed by atoms with Crippen molar-refractivity contribution in [3.8, 4) is 0 Å². The third-order valence-corrected chi connectivity index (χ3v) is 3.27. The van der Waals surface area contributed by atoms with Crippen LogP contribution >= 0.6 is 0 Å². The third-order valence-electron chi connectivity index (χ3n) is 3.27. The average molecular weight is 273 g/mol. The summed E-state index contributed by atoms with van der Waals surface area (Å²) in [6.45, 7) is 0.826. The minimum atomic E-state index is -4.45. The second-order valence-electron chi connectivity index (χ2n) is 4.67. The first kappa shape index (κ1) is 12.1. The van der Waals surface area contributed by atoms with Gasteiger partial charge in [-0.2, -0.15) is 13.2 Å². The molecule has 0 aliphatic carbocycles. The number of alkyl carbamates (subject to hydrolysis) is 1. The number of alkyl halides is 3. The van der Waals surface area contributed by atoms with Gasteiger partial charge in [0, 0.05) is 12.4 Å². The number of halogens is 3. The highest BCUT2D eigenvalue weighted by molar-refractivity contribution is 5.72. The van der Waals surface area contributed by atoms with Gasteiger partial charge < -0.3 is 15.0 Å².